The standard InChI is InChI=1S/C10H11F2NO3/c11-7-2-1-6(3-8(7)12)4-16-5-9(13)10(14)15/h1-3,9H,4-5,13H2,(H,14,15)/t9-/m1/s1. The van der Waals surface area contributed by atoms with Gasteiger partial charge in [0.2, 0.25) is 0 Å². The Kier molecular flexibility index (Phi) is 4.33. The molecule has 0 fully saturated rings. The summed E-state index contributed by atoms with van der Waals surface area (Å²) in [6.07, 6.45) is 0. The predicted octanol–water partition coefficient (Wildman–Crippen LogP) is 0.893. The maximum Gasteiger partial charge on any atom is 0.322 e. The molecule has 0 aromatic heterocycles. The number of halogens is 2. The van der Waals surface area contributed by atoms with E-state index in [1.54, 1.807) is 0 Å². The molecule has 3 N–H and O–H groups in total. The molecule has 1 atom stereocenters. The third-order valence-corrected chi connectivity index (χ3v) is 1.87. The van der Waals surface area contributed by atoms with Crippen molar-refractivity contribution in [1.82, 2.24) is 0 Å². The predicted molar refractivity (Wildman–Crippen MR) is 51.6 cm³/mol. The van der Waals surface area contributed by atoms with Crippen molar-refractivity contribution >= 4 is 5.97 Å². The molecule has 0 aliphatic rings. The van der Waals surface area contributed by atoms with Gasteiger partial charge in [0.05, 0.1) is 13.2 Å². The Morgan fingerprint density at radius 1 is 1.44 bits per heavy atom. The SMILES string of the molecule is N[C@H](COCc1ccc(F)c(F)c1)C(=O)O. The fraction of sp³-hybridized carbons (Fsp3) is 0.300. The van der Waals surface area contributed by atoms with Gasteiger partial charge in [-0.15, -0.1) is 0 Å². The van der Waals surface area contributed by atoms with E-state index in [0.29, 0.717) is 5.56 Å². The van der Waals surface area contributed by atoms with E-state index in [4.69, 9.17) is 15.6 Å². The molecule has 1 aromatic carbocycles. The molecule has 4 nitrogen and oxygen atoms in total. The number of nitrogens with two attached hydrogens (primary N) is 1. The second-order valence-electron chi connectivity index (χ2n) is 3.21. The number of aliphatic carboxylic acids is 1. The molecule has 1 aromatic rings. The maximum absolute atomic E-state index is 12.7. The van der Waals surface area contributed by atoms with Gasteiger partial charge in [-0.25, -0.2) is 8.78 Å². The van der Waals surface area contributed by atoms with Crippen molar-refractivity contribution in [2.24, 2.45) is 5.73 Å². The summed E-state index contributed by atoms with van der Waals surface area (Å²) in [4.78, 5) is 10.3. The van der Waals surface area contributed by atoms with Crippen molar-refractivity contribution in [3.63, 3.8) is 0 Å². The lowest BCUT2D eigenvalue weighted by Crippen LogP contribution is -2.34. The summed E-state index contributed by atoms with van der Waals surface area (Å²) in [6.45, 7) is -0.202. The fourth-order valence-electron chi connectivity index (χ4n) is 1.00. The van der Waals surface area contributed by atoms with Crippen LogP contribution in [0.5, 0.6) is 0 Å². The minimum absolute atomic E-state index is 0.0157. The third-order valence-electron chi connectivity index (χ3n) is 1.87. The van der Waals surface area contributed by atoms with Crippen LogP contribution in [0.1, 0.15) is 5.56 Å². The van der Waals surface area contributed by atoms with Crippen LogP contribution in [0, 0.1) is 11.6 Å². The van der Waals surface area contributed by atoms with Gasteiger partial charge in [0, 0.05) is 0 Å². The first-order chi connectivity index (χ1) is 7.50. The van der Waals surface area contributed by atoms with Crippen LogP contribution in [0.2, 0.25) is 0 Å². The third kappa shape index (κ3) is 3.56. The zero-order chi connectivity index (χ0) is 12.1. The van der Waals surface area contributed by atoms with E-state index in [1.807, 2.05) is 0 Å². The van der Waals surface area contributed by atoms with E-state index in [9.17, 15) is 13.6 Å². The normalized spacial score (nSPS) is 12.4. The van der Waals surface area contributed by atoms with Crippen molar-refractivity contribution in [3.05, 3.63) is 35.4 Å². The minimum atomic E-state index is -1.18. The van der Waals surface area contributed by atoms with E-state index in [-0.39, 0.29) is 13.2 Å². The lowest BCUT2D eigenvalue weighted by Gasteiger charge is -2.07. The van der Waals surface area contributed by atoms with Crippen LogP contribution in [-0.4, -0.2) is 23.7 Å². The molecule has 0 heterocycles. The fourth-order valence-corrected chi connectivity index (χ4v) is 1.00. The molecule has 6 heteroatoms. The molecule has 0 bridgehead atoms. The van der Waals surface area contributed by atoms with Crippen molar-refractivity contribution in [3.8, 4) is 0 Å². The molecule has 88 valence electrons. The van der Waals surface area contributed by atoms with E-state index in [2.05, 4.69) is 0 Å². The lowest BCUT2D eigenvalue weighted by atomic mass is 10.2. The number of carbonyl (C=O) groups is 1. The summed E-state index contributed by atoms with van der Waals surface area (Å²) < 4.78 is 30.2. The molecule has 0 saturated heterocycles. The summed E-state index contributed by atoms with van der Waals surface area (Å²) in [6, 6.07) is 2.20. The van der Waals surface area contributed by atoms with E-state index in [0.717, 1.165) is 12.1 Å². The molecule has 0 spiro atoms. The Labute approximate surface area is 90.6 Å². The highest BCUT2D eigenvalue weighted by Crippen LogP contribution is 2.09. The second kappa shape index (κ2) is 5.53. The Morgan fingerprint density at radius 3 is 2.69 bits per heavy atom. The molecule has 0 amide bonds. The van der Waals surface area contributed by atoms with Crippen LogP contribution >= 0.6 is 0 Å². The van der Waals surface area contributed by atoms with Crippen LogP contribution in [-0.2, 0) is 16.1 Å². The second-order valence-corrected chi connectivity index (χ2v) is 3.21. The molecule has 0 aliphatic carbocycles. The first kappa shape index (κ1) is 12.5. The highest BCUT2D eigenvalue weighted by molar-refractivity contribution is 5.73. The Balaban J connectivity index is 2.43. The van der Waals surface area contributed by atoms with Gasteiger partial charge in [-0.2, -0.15) is 0 Å². The highest BCUT2D eigenvalue weighted by atomic mass is 19.2. The molecule has 0 aliphatic heterocycles. The van der Waals surface area contributed by atoms with Gasteiger partial charge in [-0.3, -0.25) is 4.79 Å². The zero-order valence-electron chi connectivity index (χ0n) is 8.32. The maximum atomic E-state index is 12.7. The summed E-state index contributed by atoms with van der Waals surface area (Å²) in [5.41, 5.74) is 5.59. The van der Waals surface area contributed by atoms with Crippen molar-refractivity contribution in [2.45, 2.75) is 12.6 Å². The molecule has 1 rings (SSSR count). The quantitative estimate of drug-likeness (QED) is 0.789. The zero-order valence-corrected chi connectivity index (χ0v) is 8.32. The average Bonchev–Trinajstić information content (AvgIpc) is 2.23. The van der Waals surface area contributed by atoms with E-state index in [1.165, 1.54) is 6.07 Å². The topological polar surface area (TPSA) is 72.5 Å². The highest BCUT2D eigenvalue weighted by Gasteiger charge is 2.11. The molecule has 16 heavy (non-hydrogen) atoms. The Morgan fingerprint density at radius 2 is 2.12 bits per heavy atom. The molecule has 0 radical (unpaired) electrons. The van der Waals surface area contributed by atoms with Gasteiger partial charge in [0.25, 0.3) is 0 Å². The number of rotatable bonds is 5. The summed E-state index contributed by atoms with van der Waals surface area (Å²) in [7, 11) is 0. The number of ether oxygens (including phenoxy) is 1. The molecule has 0 saturated carbocycles. The smallest absolute Gasteiger partial charge is 0.322 e. The van der Waals surface area contributed by atoms with Gasteiger partial charge in [-0.1, -0.05) is 6.07 Å². The summed E-state index contributed by atoms with van der Waals surface area (Å²) in [5.74, 6) is -3.08. The van der Waals surface area contributed by atoms with Gasteiger partial charge in [-0.05, 0) is 17.7 Å². The Hall–Kier alpha value is -1.53. The van der Waals surface area contributed by atoms with Gasteiger partial charge < -0.3 is 15.6 Å². The summed E-state index contributed by atoms with van der Waals surface area (Å²) >= 11 is 0. The molecule has 0 unspecified atom stereocenters. The van der Waals surface area contributed by atoms with Crippen LogP contribution in [0.25, 0.3) is 0 Å². The minimum Gasteiger partial charge on any atom is -0.480 e. The van der Waals surface area contributed by atoms with Gasteiger partial charge in [0.1, 0.15) is 6.04 Å². The number of hydrogen-bond donors (Lipinski definition) is 2. The number of benzene rings is 1. The van der Waals surface area contributed by atoms with Crippen molar-refractivity contribution < 1.29 is 23.4 Å². The van der Waals surface area contributed by atoms with E-state index < -0.39 is 23.6 Å². The van der Waals surface area contributed by atoms with Crippen LogP contribution < -0.4 is 5.73 Å². The average molecular weight is 231 g/mol. The Bertz CT molecular complexity index is 384. The summed E-state index contributed by atoms with van der Waals surface area (Å²) in [5, 5.41) is 8.45. The largest absolute Gasteiger partial charge is 0.480 e. The van der Waals surface area contributed by atoms with Crippen molar-refractivity contribution in [2.75, 3.05) is 6.61 Å². The van der Waals surface area contributed by atoms with Gasteiger partial charge >= 0.3 is 5.97 Å². The number of carboxylic acid groups (broad SMARTS) is 1. The molecular formula is C10H11F2NO3. The van der Waals surface area contributed by atoms with E-state index >= 15 is 0 Å². The lowest BCUT2D eigenvalue weighted by molar-refractivity contribution is -0.140. The van der Waals surface area contributed by atoms with Crippen LogP contribution in [0.4, 0.5) is 8.78 Å². The first-order valence-corrected chi connectivity index (χ1v) is 4.50. The van der Waals surface area contributed by atoms with Crippen molar-refractivity contribution in [1.29, 1.82) is 0 Å². The monoisotopic (exact) mass is 231 g/mol. The van der Waals surface area contributed by atoms with Gasteiger partial charge in [0.15, 0.2) is 11.6 Å². The number of carboxylic acids is 1. The van der Waals surface area contributed by atoms with Crippen LogP contribution in [0.15, 0.2) is 18.2 Å². The molecular weight excluding hydrogens is 220 g/mol. The number of hydrogen-bond acceptors (Lipinski definition) is 3. The first-order valence-electron chi connectivity index (χ1n) is 4.50. The van der Waals surface area contributed by atoms with Crippen LogP contribution in [0.3, 0.4) is 0 Å².